The molecule has 6 heteroatoms. The van der Waals surface area contributed by atoms with E-state index in [1.54, 1.807) is 25.4 Å². The lowest BCUT2D eigenvalue weighted by atomic mass is 10.0. The lowest BCUT2D eigenvalue weighted by Gasteiger charge is -2.10. The van der Waals surface area contributed by atoms with Crippen LogP contribution in [0.3, 0.4) is 0 Å². The Balaban J connectivity index is 2.42. The maximum atomic E-state index is 9.49. The zero-order chi connectivity index (χ0) is 13.0. The molecule has 0 spiro atoms. The van der Waals surface area contributed by atoms with Crippen LogP contribution in [0.1, 0.15) is 12.5 Å². The number of anilines is 1. The summed E-state index contributed by atoms with van der Waals surface area (Å²) in [6.45, 7) is 1.74. The minimum Gasteiger partial charge on any atom is -0.393 e. The van der Waals surface area contributed by atoms with Crippen LogP contribution in [0.4, 0.5) is 5.82 Å². The van der Waals surface area contributed by atoms with E-state index in [-0.39, 0.29) is 0 Å². The molecule has 18 heavy (non-hydrogen) atoms. The van der Waals surface area contributed by atoms with Gasteiger partial charge in [-0.1, -0.05) is 6.07 Å². The van der Waals surface area contributed by atoms with E-state index in [0.717, 1.165) is 16.8 Å². The Morgan fingerprint density at radius 1 is 1.50 bits per heavy atom. The molecule has 6 nitrogen and oxygen atoms in total. The molecule has 0 radical (unpaired) electrons. The van der Waals surface area contributed by atoms with Gasteiger partial charge in [0, 0.05) is 18.2 Å². The van der Waals surface area contributed by atoms with Gasteiger partial charge in [-0.25, -0.2) is 5.84 Å². The molecule has 0 saturated heterocycles. The molecule has 4 N–H and O–H groups in total. The number of hydrogen-bond acceptors (Lipinski definition) is 6. The lowest BCUT2D eigenvalue weighted by molar-refractivity contribution is 0.195. The van der Waals surface area contributed by atoms with Crippen LogP contribution in [-0.2, 0) is 6.42 Å². The predicted octanol–water partition coefficient (Wildman–Crippen LogP) is 0.748. The molecule has 0 saturated carbocycles. The number of aliphatic hydroxyl groups is 1. The van der Waals surface area contributed by atoms with E-state index in [4.69, 9.17) is 5.84 Å². The number of hydrogen-bond donors (Lipinski definition) is 3. The van der Waals surface area contributed by atoms with Gasteiger partial charge in [-0.05, 0) is 24.6 Å². The van der Waals surface area contributed by atoms with E-state index < -0.39 is 6.10 Å². The minimum absolute atomic E-state index is 0.421. The molecule has 0 amide bonds. The first-order chi connectivity index (χ1) is 8.70. The Labute approximate surface area is 105 Å². The summed E-state index contributed by atoms with van der Waals surface area (Å²) in [5.41, 5.74) is 5.00. The SMILES string of the molecule is CC(O)Cc1cccnc1-c1cnnc(NN)c1. The fourth-order valence-electron chi connectivity index (χ4n) is 1.75. The van der Waals surface area contributed by atoms with Crippen molar-refractivity contribution in [3.63, 3.8) is 0 Å². The van der Waals surface area contributed by atoms with Crippen LogP contribution >= 0.6 is 0 Å². The van der Waals surface area contributed by atoms with Gasteiger partial charge in [-0.15, -0.1) is 5.10 Å². The number of nitrogens with two attached hydrogens (primary N) is 1. The molecular formula is C12H15N5O. The Morgan fingerprint density at radius 3 is 3.06 bits per heavy atom. The number of hydrazine groups is 1. The van der Waals surface area contributed by atoms with Gasteiger partial charge >= 0.3 is 0 Å². The maximum Gasteiger partial charge on any atom is 0.163 e. The quantitative estimate of drug-likeness (QED) is 0.543. The number of nitrogens with zero attached hydrogens (tertiary/aromatic N) is 3. The van der Waals surface area contributed by atoms with Crippen molar-refractivity contribution < 1.29 is 5.11 Å². The molecule has 2 aromatic rings. The second-order valence-corrected chi connectivity index (χ2v) is 4.04. The van der Waals surface area contributed by atoms with Crippen LogP contribution < -0.4 is 11.3 Å². The Hall–Kier alpha value is -2.05. The van der Waals surface area contributed by atoms with E-state index in [1.807, 2.05) is 12.1 Å². The van der Waals surface area contributed by atoms with Crippen LogP contribution in [0.25, 0.3) is 11.3 Å². The first kappa shape index (κ1) is 12.4. The van der Waals surface area contributed by atoms with Gasteiger partial charge < -0.3 is 10.5 Å². The highest BCUT2D eigenvalue weighted by atomic mass is 16.3. The molecule has 2 aromatic heterocycles. The third-order valence-corrected chi connectivity index (χ3v) is 2.48. The van der Waals surface area contributed by atoms with Crippen LogP contribution in [0.5, 0.6) is 0 Å². The highest BCUT2D eigenvalue weighted by Gasteiger charge is 2.09. The van der Waals surface area contributed by atoms with Gasteiger partial charge in [-0.3, -0.25) is 4.98 Å². The fraction of sp³-hybridized carbons (Fsp3) is 0.250. The lowest BCUT2D eigenvalue weighted by Crippen LogP contribution is -2.10. The van der Waals surface area contributed by atoms with Crippen LogP contribution in [0.2, 0.25) is 0 Å². The smallest absolute Gasteiger partial charge is 0.163 e. The summed E-state index contributed by atoms with van der Waals surface area (Å²) in [4.78, 5) is 4.33. The third-order valence-electron chi connectivity index (χ3n) is 2.48. The van der Waals surface area contributed by atoms with Crippen molar-refractivity contribution in [1.29, 1.82) is 0 Å². The summed E-state index contributed by atoms with van der Waals surface area (Å²) in [5.74, 6) is 5.78. The molecule has 0 aliphatic heterocycles. The number of aliphatic hydroxyl groups excluding tert-OH is 1. The summed E-state index contributed by atoms with van der Waals surface area (Å²) in [6, 6.07) is 5.55. The van der Waals surface area contributed by atoms with Crippen molar-refractivity contribution in [2.45, 2.75) is 19.4 Å². The van der Waals surface area contributed by atoms with Gasteiger partial charge in [-0.2, -0.15) is 5.10 Å². The molecule has 0 aliphatic carbocycles. The minimum atomic E-state index is -0.421. The summed E-state index contributed by atoms with van der Waals surface area (Å²) < 4.78 is 0. The summed E-state index contributed by atoms with van der Waals surface area (Å²) in [7, 11) is 0. The predicted molar refractivity (Wildman–Crippen MR) is 68.5 cm³/mol. The van der Waals surface area contributed by atoms with Gasteiger partial charge in [0.1, 0.15) is 0 Å². The van der Waals surface area contributed by atoms with Crippen molar-refractivity contribution in [3.8, 4) is 11.3 Å². The second-order valence-electron chi connectivity index (χ2n) is 4.04. The van der Waals surface area contributed by atoms with Crippen LogP contribution in [0, 0.1) is 0 Å². The standard InChI is InChI=1S/C12H15N5O/c1-8(18)5-9-3-2-4-14-12(9)10-6-11(16-13)17-15-7-10/h2-4,6-8,18H,5,13H2,1H3,(H,16,17). The molecule has 1 unspecified atom stereocenters. The zero-order valence-corrected chi connectivity index (χ0v) is 10.0. The molecular weight excluding hydrogens is 230 g/mol. The van der Waals surface area contributed by atoms with Crippen molar-refractivity contribution in [2.24, 2.45) is 5.84 Å². The summed E-state index contributed by atoms with van der Waals surface area (Å²) in [6.07, 6.45) is 3.44. The fourth-order valence-corrected chi connectivity index (χ4v) is 1.75. The Kier molecular flexibility index (Phi) is 3.81. The summed E-state index contributed by atoms with van der Waals surface area (Å²) in [5, 5.41) is 17.2. The van der Waals surface area contributed by atoms with E-state index >= 15 is 0 Å². The molecule has 2 heterocycles. The van der Waals surface area contributed by atoms with Gasteiger partial charge in [0.15, 0.2) is 5.82 Å². The Bertz CT molecular complexity index is 529. The van der Waals surface area contributed by atoms with E-state index in [0.29, 0.717) is 12.2 Å². The second kappa shape index (κ2) is 5.52. The van der Waals surface area contributed by atoms with Gasteiger partial charge in [0.2, 0.25) is 0 Å². The van der Waals surface area contributed by atoms with E-state index in [1.165, 1.54) is 0 Å². The largest absolute Gasteiger partial charge is 0.393 e. The first-order valence-electron chi connectivity index (χ1n) is 5.62. The van der Waals surface area contributed by atoms with Crippen LogP contribution in [0.15, 0.2) is 30.6 Å². The highest BCUT2D eigenvalue weighted by molar-refractivity contribution is 5.64. The average Bonchev–Trinajstić information content (AvgIpc) is 2.39. The number of rotatable bonds is 4. The number of pyridine rings is 1. The molecule has 0 aromatic carbocycles. The molecule has 94 valence electrons. The maximum absolute atomic E-state index is 9.49. The van der Waals surface area contributed by atoms with E-state index in [2.05, 4.69) is 20.6 Å². The van der Waals surface area contributed by atoms with Crippen molar-refractivity contribution in [2.75, 3.05) is 5.43 Å². The van der Waals surface area contributed by atoms with Gasteiger partial charge in [0.25, 0.3) is 0 Å². The monoisotopic (exact) mass is 245 g/mol. The zero-order valence-electron chi connectivity index (χ0n) is 10.0. The molecule has 0 fully saturated rings. The highest BCUT2D eigenvalue weighted by Crippen LogP contribution is 2.22. The van der Waals surface area contributed by atoms with Crippen molar-refractivity contribution in [3.05, 3.63) is 36.2 Å². The number of aromatic nitrogens is 3. The molecule has 0 aliphatic rings. The molecule has 0 bridgehead atoms. The number of nitrogen functional groups attached to an aromatic ring is 1. The van der Waals surface area contributed by atoms with Crippen molar-refractivity contribution >= 4 is 5.82 Å². The number of nitrogens with one attached hydrogen (secondary N) is 1. The normalized spacial score (nSPS) is 12.2. The third kappa shape index (κ3) is 2.79. The molecule has 2 rings (SSSR count). The topological polar surface area (TPSA) is 97.0 Å². The Morgan fingerprint density at radius 2 is 2.33 bits per heavy atom. The van der Waals surface area contributed by atoms with Crippen molar-refractivity contribution in [1.82, 2.24) is 15.2 Å². The average molecular weight is 245 g/mol. The molecule has 1 atom stereocenters. The summed E-state index contributed by atoms with van der Waals surface area (Å²) >= 11 is 0. The van der Waals surface area contributed by atoms with E-state index in [9.17, 15) is 5.11 Å². The first-order valence-corrected chi connectivity index (χ1v) is 5.62. The van der Waals surface area contributed by atoms with Crippen LogP contribution in [-0.4, -0.2) is 26.4 Å². The van der Waals surface area contributed by atoms with Gasteiger partial charge in [0.05, 0.1) is 18.0 Å².